The first kappa shape index (κ1) is 26.6. The number of aliphatic carboxylic acids is 1. The zero-order valence-corrected chi connectivity index (χ0v) is 22.6. The summed E-state index contributed by atoms with van der Waals surface area (Å²) in [6.07, 6.45) is 4.38. The summed E-state index contributed by atoms with van der Waals surface area (Å²) in [5, 5.41) is 14.9. The van der Waals surface area contributed by atoms with Crippen molar-refractivity contribution < 1.29 is 9.90 Å². The monoisotopic (exact) mass is 537 g/mol. The van der Waals surface area contributed by atoms with E-state index >= 15 is 0 Å². The Bertz CT molecular complexity index is 1040. The van der Waals surface area contributed by atoms with Gasteiger partial charge in [0.2, 0.25) is 0 Å². The van der Waals surface area contributed by atoms with Crippen molar-refractivity contribution in [3.05, 3.63) is 62.6 Å². The molecule has 0 spiro atoms. The fraction of sp³-hybridized carbons (Fsp3) is 0.519. The molecule has 190 valence electrons. The molecule has 2 aromatic carbocycles. The summed E-state index contributed by atoms with van der Waals surface area (Å²) >= 11 is 19.0. The maximum absolute atomic E-state index is 11.4. The number of rotatable bonds is 7. The van der Waals surface area contributed by atoms with E-state index in [0.717, 1.165) is 63.1 Å². The smallest absolute Gasteiger partial charge is 0.320 e. The van der Waals surface area contributed by atoms with Crippen LogP contribution in [0, 0.1) is 0 Å². The lowest BCUT2D eigenvalue weighted by Crippen LogP contribution is -2.53. The predicted molar refractivity (Wildman–Crippen MR) is 145 cm³/mol. The summed E-state index contributed by atoms with van der Waals surface area (Å²) in [5.74, 6) is -0.250. The lowest BCUT2D eigenvalue weighted by atomic mass is 9.87. The standard InChI is InChI=1S/C27H34Cl3N3O2/c1-17(23-7-6-21(28)15-25(23)30)31-26-14-20(5-8-24(26)29)19-9-12-32(13-10-19)22-4-3-11-33(16-22)18(2)27(34)35/h5-8,14-15,17-19,22,31H,3-4,9-13,16H2,1-2H3,(H,34,35)/t17-,18?,22?/m1/s1. The number of carboxylic acids is 1. The molecule has 2 heterocycles. The van der Waals surface area contributed by atoms with Gasteiger partial charge in [0.25, 0.3) is 0 Å². The molecule has 0 bridgehead atoms. The molecule has 2 aliphatic rings. The second-order valence-corrected chi connectivity index (χ2v) is 11.1. The maximum Gasteiger partial charge on any atom is 0.320 e. The number of hydrogen-bond donors (Lipinski definition) is 2. The van der Waals surface area contributed by atoms with Crippen molar-refractivity contribution in [3.8, 4) is 0 Å². The summed E-state index contributed by atoms with van der Waals surface area (Å²) in [4.78, 5) is 16.1. The minimum absolute atomic E-state index is 0.0168. The van der Waals surface area contributed by atoms with Gasteiger partial charge in [0.1, 0.15) is 6.04 Å². The number of carbonyl (C=O) groups is 1. The number of piperidine rings is 2. The van der Waals surface area contributed by atoms with Crippen molar-refractivity contribution >= 4 is 46.5 Å². The van der Waals surface area contributed by atoms with Crippen molar-refractivity contribution in [2.75, 3.05) is 31.5 Å². The summed E-state index contributed by atoms with van der Waals surface area (Å²) in [5.41, 5.74) is 3.19. The summed E-state index contributed by atoms with van der Waals surface area (Å²) in [6.45, 7) is 7.65. The molecule has 35 heavy (non-hydrogen) atoms. The number of nitrogens with one attached hydrogen (secondary N) is 1. The van der Waals surface area contributed by atoms with Crippen molar-refractivity contribution in [1.82, 2.24) is 9.80 Å². The van der Waals surface area contributed by atoms with Crippen LogP contribution < -0.4 is 5.32 Å². The third kappa shape index (κ3) is 6.44. The quantitative estimate of drug-likeness (QED) is 0.400. The SMILES string of the molecule is CC(C(=O)O)N1CCCC(N2CCC(c3ccc(Cl)c(N[C@H](C)c4ccc(Cl)cc4Cl)c3)CC2)C1. The normalized spacial score (nSPS) is 22.0. The highest BCUT2D eigenvalue weighted by atomic mass is 35.5. The van der Waals surface area contributed by atoms with Crippen LogP contribution in [0.4, 0.5) is 5.69 Å². The Kier molecular flexibility index (Phi) is 8.88. The van der Waals surface area contributed by atoms with Gasteiger partial charge in [-0.25, -0.2) is 0 Å². The number of hydrogen-bond acceptors (Lipinski definition) is 4. The van der Waals surface area contributed by atoms with E-state index in [4.69, 9.17) is 34.8 Å². The highest BCUT2D eigenvalue weighted by Gasteiger charge is 2.32. The molecule has 0 radical (unpaired) electrons. The number of carboxylic acid groups (broad SMARTS) is 1. The fourth-order valence-corrected chi connectivity index (χ4v) is 6.20. The average Bonchev–Trinajstić information content (AvgIpc) is 2.85. The molecule has 2 fully saturated rings. The van der Waals surface area contributed by atoms with E-state index in [0.29, 0.717) is 27.0 Å². The van der Waals surface area contributed by atoms with E-state index < -0.39 is 12.0 Å². The molecule has 2 unspecified atom stereocenters. The molecule has 4 rings (SSSR count). The van der Waals surface area contributed by atoms with Crippen molar-refractivity contribution in [2.24, 2.45) is 0 Å². The Hall–Kier alpha value is -1.50. The molecule has 0 aromatic heterocycles. The van der Waals surface area contributed by atoms with E-state index in [2.05, 4.69) is 34.2 Å². The molecule has 5 nitrogen and oxygen atoms in total. The van der Waals surface area contributed by atoms with Gasteiger partial charge in [0.05, 0.1) is 16.8 Å². The molecular formula is C27H34Cl3N3O2. The van der Waals surface area contributed by atoms with Crippen molar-refractivity contribution in [3.63, 3.8) is 0 Å². The minimum Gasteiger partial charge on any atom is -0.480 e. The second-order valence-electron chi connectivity index (χ2n) is 9.89. The Morgan fingerprint density at radius 3 is 2.43 bits per heavy atom. The van der Waals surface area contributed by atoms with Gasteiger partial charge in [0, 0.05) is 22.6 Å². The van der Waals surface area contributed by atoms with Gasteiger partial charge in [-0.2, -0.15) is 0 Å². The molecule has 8 heteroatoms. The molecule has 2 N–H and O–H groups in total. The van der Waals surface area contributed by atoms with E-state index in [1.165, 1.54) is 5.56 Å². The number of halogens is 3. The van der Waals surface area contributed by atoms with Gasteiger partial charge in [-0.3, -0.25) is 14.6 Å². The van der Waals surface area contributed by atoms with E-state index in [1.54, 1.807) is 13.0 Å². The van der Waals surface area contributed by atoms with Crippen LogP contribution in [0.1, 0.15) is 62.6 Å². The van der Waals surface area contributed by atoms with Crippen molar-refractivity contribution in [1.29, 1.82) is 0 Å². The zero-order chi connectivity index (χ0) is 25.1. The van der Waals surface area contributed by atoms with Crippen LogP contribution in [0.25, 0.3) is 0 Å². The van der Waals surface area contributed by atoms with Crippen LogP contribution in [-0.4, -0.2) is 59.1 Å². The zero-order valence-electron chi connectivity index (χ0n) is 20.3. The fourth-order valence-electron chi connectivity index (χ4n) is 5.46. The molecule has 0 saturated carbocycles. The second kappa shape index (κ2) is 11.7. The summed E-state index contributed by atoms with van der Waals surface area (Å²) in [6, 6.07) is 11.9. The molecule has 2 aliphatic heterocycles. The molecule has 2 saturated heterocycles. The topological polar surface area (TPSA) is 55.8 Å². The van der Waals surface area contributed by atoms with E-state index in [9.17, 15) is 9.90 Å². The van der Waals surface area contributed by atoms with Crippen LogP contribution in [0.15, 0.2) is 36.4 Å². The van der Waals surface area contributed by atoms with Gasteiger partial charge in [-0.1, -0.05) is 46.9 Å². The van der Waals surface area contributed by atoms with Crippen LogP contribution in [0.3, 0.4) is 0 Å². The largest absolute Gasteiger partial charge is 0.480 e. The number of benzene rings is 2. The maximum atomic E-state index is 11.4. The number of likely N-dealkylation sites (tertiary alicyclic amines) is 2. The third-order valence-corrected chi connectivity index (χ3v) is 8.53. The average molecular weight is 539 g/mol. The van der Waals surface area contributed by atoms with Gasteiger partial charge < -0.3 is 10.4 Å². The van der Waals surface area contributed by atoms with Crippen LogP contribution in [0.5, 0.6) is 0 Å². The minimum atomic E-state index is -0.732. The summed E-state index contributed by atoms with van der Waals surface area (Å²) in [7, 11) is 0. The molecule has 2 aromatic rings. The first-order valence-electron chi connectivity index (χ1n) is 12.4. The third-order valence-electron chi connectivity index (χ3n) is 7.64. The van der Waals surface area contributed by atoms with Gasteiger partial charge in [0.15, 0.2) is 0 Å². The highest BCUT2D eigenvalue weighted by molar-refractivity contribution is 6.35. The van der Waals surface area contributed by atoms with Crippen molar-refractivity contribution in [2.45, 2.75) is 63.6 Å². The van der Waals surface area contributed by atoms with Gasteiger partial charge >= 0.3 is 5.97 Å². The van der Waals surface area contributed by atoms with E-state index in [-0.39, 0.29) is 6.04 Å². The van der Waals surface area contributed by atoms with Crippen LogP contribution >= 0.6 is 34.8 Å². The Balaban J connectivity index is 1.38. The highest BCUT2D eigenvalue weighted by Crippen LogP contribution is 2.36. The number of anilines is 1. The van der Waals surface area contributed by atoms with Gasteiger partial charge in [-0.05, 0) is 100 Å². The molecule has 3 atom stereocenters. The van der Waals surface area contributed by atoms with Gasteiger partial charge in [-0.15, -0.1) is 0 Å². The van der Waals surface area contributed by atoms with E-state index in [1.807, 2.05) is 18.2 Å². The number of nitrogens with zero attached hydrogens (tertiary/aromatic N) is 2. The molecule has 0 amide bonds. The first-order valence-corrected chi connectivity index (χ1v) is 13.6. The predicted octanol–water partition coefficient (Wildman–Crippen LogP) is 6.94. The lowest BCUT2D eigenvalue weighted by molar-refractivity contribution is -0.143. The van der Waals surface area contributed by atoms with Crippen LogP contribution in [0.2, 0.25) is 15.1 Å². The summed E-state index contributed by atoms with van der Waals surface area (Å²) < 4.78 is 0. The Morgan fingerprint density at radius 1 is 1.00 bits per heavy atom. The first-order chi connectivity index (χ1) is 16.7. The van der Waals surface area contributed by atoms with Crippen LogP contribution in [-0.2, 0) is 4.79 Å². The molecular weight excluding hydrogens is 505 g/mol. The lowest BCUT2D eigenvalue weighted by Gasteiger charge is -2.43. The Labute approximate surface area is 223 Å². The molecule has 0 aliphatic carbocycles. The Morgan fingerprint density at radius 2 is 1.74 bits per heavy atom.